The first kappa shape index (κ1) is 6.01. The summed E-state index contributed by atoms with van der Waals surface area (Å²) in [5.41, 5.74) is 0.469. The summed E-state index contributed by atoms with van der Waals surface area (Å²) in [6.45, 7) is 2.67. The lowest BCUT2D eigenvalue weighted by atomic mass is 10.4. The van der Waals surface area contributed by atoms with E-state index in [9.17, 15) is 0 Å². The summed E-state index contributed by atoms with van der Waals surface area (Å²) >= 11 is 0. The summed E-state index contributed by atoms with van der Waals surface area (Å²) in [5, 5.41) is 10.1. The van der Waals surface area contributed by atoms with Crippen molar-refractivity contribution < 1.29 is 0 Å². The zero-order chi connectivity index (χ0) is 6.69. The Labute approximate surface area is 54.0 Å². The van der Waals surface area contributed by atoms with Crippen molar-refractivity contribution in [3.05, 3.63) is 12.3 Å². The molecule has 0 unspecified atom stereocenters. The molecule has 0 saturated heterocycles. The van der Waals surface area contributed by atoms with Crippen LogP contribution in [0.2, 0.25) is 0 Å². The maximum Gasteiger partial charge on any atom is 0.150 e. The van der Waals surface area contributed by atoms with Crippen molar-refractivity contribution in [2.75, 3.05) is 6.54 Å². The van der Waals surface area contributed by atoms with E-state index in [1.54, 1.807) is 12.3 Å². The summed E-state index contributed by atoms with van der Waals surface area (Å²) < 4.78 is 0. The molecule has 0 aromatic rings. The number of hydrogen-bond donors (Lipinski definition) is 2. The molecule has 0 aromatic carbocycles. The second kappa shape index (κ2) is 2.44. The fourth-order valence-corrected chi connectivity index (χ4v) is 0.650. The highest BCUT2D eigenvalue weighted by Crippen LogP contribution is 1.89. The summed E-state index contributed by atoms with van der Waals surface area (Å²) in [5.74, 6) is 0.678. The third kappa shape index (κ3) is 1.16. The molecule has 48 valence electrons. The van der Waals surface area contributed by atoms with Gasteiger partial charge in [0.15, 0.2) is 5.84 Å². The minimum absolute atomic E-state index is 0.469. The van der Waals surface area contributed by atoms with Gasteiger partial charge in [0.1, 0.15) is 0 Å². The van der Waals surface area contributed by atoms with Crippen LogP contribution in [0.15, 0.2) is 17.3 Å². The number of hydrogen-bond acceptors (Lipinski definition) is 2. The van der Waals surface area contributed by atoms with Crippen LogP contribution in [0.5, 0.6) is 0 Å². The Morgan fingerprint density at radius 2 is 2.56 bits per heavy atom. The van der Waals surface area contributed by atoms with Crippen LogP contribution in [0.4, 0.5) is 0 Å². The van der Waals surface area contributed by atoms with E-state index in [-0.39, 0.29) is 0 Å². The Bertz CT molecular complexity index is 179. The summed E-state index contributed by atoms with van der Waals surface area (Å²) in [6, 6.07) is 0. The molecule has 0 spiro atoms. The topological polar surface area (TPSA) is 48.2 Å². The van der Waals surface area contributed by atoms with E-state index in [4.69, 9.17) is 5.41 Å². The average molecular weight is 123 g/mol. The van der Waals surface area contributed by atoms with Gasteiger partial charge < -0.3 is 5.32 Å². The molecule has 1 heterocycles. The van der Waals surface area contributed by atoms with E-state index in [0.717, 1.165) is 6.54 Å². The first-order valence-corrected chi connectivity index (χ1v) is 2.91. The van der Waals surface area contributed by atoms with E-state index < -0.39 is 0 Å². The van der Waals surface area contributed by atoms with Crippen molar-refractivity contribution in [3.8, 4) is 0 Å². The minimum Gasteiger partial charge on any atom is -0.345 e. The third-order valence-corrected chi connectivity index (χ3v) is 1.04. The SMILES string of the molecule is CC/N=C1/NC=CC1=N. The second-order valence-electron chi connectivity index (χ2n) is 1.71. The van der Waals surface area contributed by atoms with Crippen LogP contribution in [0, 0.1) is 5.41 Å². The fraction of sp³-hybridized carbons (Fsp3) is 0.333. The highest BCUT2D eigenvalue weighted by molar-refractivity contribution is 6.46. The normalized spacial score (nSPS) is 21.0. The Morgan fingerprint density at radius 3 is 3.00 bits per heavy atom. The van der Waals surface area contributed by atoms with Crippen LogP contribution in [0.3, 0.4) is 0 Å². The second-order valence-corrected chi connectivity index (χ2v) is 1.71. The quantitative estimate of drug-likeness (QED) is 0.525. The Kier molecular flexibility index (Phi) is 1.63. The van der Waals surface area contributed by atoms with Gasteiger partial charge in [-0.2, -0.15) is 0 Å². The van der Waals surface area contributed by atoms with Gasteiger partial charge in [-0.05, 0) is 13.0 Å². The predicted molar refractivity (Wildman–Crippen MR) is 38.0 cm³/mol. The standard InChI is InChI=1S/C6H9N3/c1-2-8-6-5(7)3-4-9-6/h3-4H,2H2,1H3,(H2,7,8,9). The van der Waals surface area contributed by atoms with Gasteiger partial charge in [-0.25, -0.2) is 0 Å². The fourth-order valence-electron chi connectivity index (χ4n) is 0.650. The van der Waals surface area contributed by atoms with Gasteiger partial charge in [-0.3, -0.25) is 10.4 Å². The number of nitrogens with zero attached hydrogens (tertiary/aromatic N) is 1. The molecule has 1 aliphatic rings. The van der Waals surface area contributed by atoms with E-state index in [2.05, 4.69) is 10.3 Å². The Hall–Kier alpha value is -1.12. The highest BCUT2D eigenvalue weighted by atomic mass is 15.0. The lowest BCUT2D eigenvalue weighted by Crippen LogP contribution is -2.18. The van der Waals surface area contributed by atoms with Crippen molar-refractivity contribution in [2.24, 2.45) is 4.99 Å². The summed E-state index contributed by atoms with van der Waals surface area (Å²) in [4.78, 5) is 4.02. The Morgan fingerprint density at radius 1 is 1.78 bits per heavy atom. The zero-order valence-corrected chi connectivity index (χ0v) is 5.31. The molecule has 0 atom stereocenters. The van der Waals surface area contributed by atoms with Gasteiger partial charge in [0.05, 0.1) is 5.71 Å². The first-order chi connectivity index (χ1) is 4.34. The molecule has 0 amide bonds. The van der Waals surface area contributed by atoms with E-state index in [1.807, 2.05) is 6.92 Å². The number of rotatable bonds is 1. The largest absolute Gasteiger partial charge is 0.345 e. The molecule has 0 aliphatic carbocycles. The highest BCUT2D eigenvalue weighted by Gasteiger charge is 2.05. The van der Waals surface area contributed by atoms with Gasteiger partial charge in [0.25, 0.3) is 0 Å². The van der Waals surface area contributed by atoms with Gasteiger partial charge in [0, 0.05) is 12.7 Å². The van der Waals surface area contributed by atoms with Gasteiger partial charge in [0.2, 0.25) is 0 Å². The maximum atomic E-state index is 7.23. The van der Waals surface area contributed by atoms with Crippen LogP contribution in [-0.2, 0) is 0 Å². The molecule has 0 bridgehead atoms. The van der Waals surface area contributed by atoms with Gasteiger partial charge >= 0.3 is 0 Å². The molecule has 2 N–H and O–H groups in total. The van der Waals surface area contributed by atoms with Crippen molar-refractivity contribution in [1.29, 1.82) is 5.41 Å². The Balaban J connectivity index is 2.66. The van der Waals surface area contributed by atoms with Crippen LogP contribution in [0.1, 0.15) is 6.92 Å². The third-order valence-electron chi connectivity index (χ3n) is 1.04. The molecular weight excluding hydrogens is 114 g/mol. The summed E-state index contributed by atoms with van der Waals surface area (Å²) in [7, 11) is 0. The summed E-state index contributed by atoms with van der Waals surface area (Å²) in [6.07, 6.45) is 3.41. The molecule has 0 fully saturated rings. The number of nitrogens with one attached hydrogen (secondary N) is 2. The van der Waals surface area contributed by atoms with Crippen molar-refractivity contribution in [3.63, 3.8) is 0 Å². The van der Waals surface area contributed by atoms with Crippen LogP contribution in [0.25, 0.3) is 0 Å². The zero-order valence-electron chi connectivity index (χ0n) is 5.31. The molecule has 0 aromatic heterocycles. The van der Waals surface area contributed by atoms with Crippen LogP contribution in [-0.4, -0.2) is 18.1 Å². The van der Waals surface area contributed by atoms with Gasteiger partial charge in [-0.1, -0.05) is 0 Å². The number of aliphatic imine (C=N–C) groups is 1. The first-order valence-electron chi connectivity index (χ1n) is 2.91. The van der Waals surface area contributed by atoms with E-state index in [0.29, 0.717) is 11.5 Å². The number of amidine groups is 1. The average Bonchev–Trinajstić information content (AvgIpc) is 2.18. The van der Waals surface area contributed by atoms with Crippen molar-refractivity contribution in [1.82, 2.24) is 5.32 Å². The lowest BCUT2D eigenvalue weighted by molar-refractivity contribution is 1.11. The molecule has 3 heteroatoms. The minimum atomic E-state index is 0.469. The lowest BCUT2D eigenvalue weighted by Gasteiger charge is -1.93. The molecule has 0 saturated carbocycles. The maximum absolute atomic E-state index is 7.23. The van der Waals surface area contributed by atoms with E-state index in [1.165, 1.54) is 0 Å². The molecule has 9 heavy (non-hydrogen) atoms. The molecular formula is C6H9N3. The van der Waals surface area contributed by atoms with Crippen molar-refractivity contribution in [2.45, 2.75) is 6.92 Å². The van der Waals surface area contributed by atoms with Gasteiger partial charge in [-0.15, -0.1) is 0 Å². The van der Waals surface area contributed by atoms with E-state index >= 15 is 0 Å². The smallest absolute Gasteiger partial charge is 0.150 e. The predicted octanol–water partition coefficient (Wildman–Crippen LogP) is 0.541. The molecule has 1 rings (SSSR count). The molecule has 1 aliphatic heterocycles. The van der Waals surface area contributed by atoms with Crippen molar-refractivity contribution >= 4 is 11.5 Å². The molecule has 3 nitrogen and oxygen atoms in total. The van der Waals surface area contributed by atoms with Crippen LogP contribution < -0.4 is 5.32 Å². The van der Waals surface area contributed by atoms with Crippen LogP contribution >= 0.6 is 0 Å². The molecule has 0 radical (unpaired) electrons. The monoisotopic (exact) mass is 123 g/mol.